The molecule has 0 radical (unpaired) electrons. The molecule has 1 amide bonds. The van der Waals surface area contributed by atoms with E-state index in [1.807, 2.05) is 24.3 Å². The second kappa shape index (κ2) is 9.90. The number of likely N-dealkylation sites (N-methyl/N-ethyl adjacent to an activating group) is 1. The molecule has 0 aromatic heterocycles. The molecule has 1 atom stereocenters. The van der Waals surface area contributed by atoms with Crippen LogP contribution in [0.3, 0.4) is 0 Å². The van der Waals surface area contributed by atoms with E-state index in [0.29, 0.717) is 18.7 Å². The Bertz CT molecular complexity index is 951. The number of nitrogens with zero attached hydrogens (tertiary/aromatic N) is 2. The third-order valence-electron chi connectivity index (χ3n) is 5.39. The number of ketones is 1. The molecule has 2 aromatic rings. The molecular formula is C23H24Br2N2O3. The van der Waals surface area contributed by atoms with Gasteiger partial charge in [-0.3, -0.25) is 9.59 Å². The molecule has 158 valence electrons. The normalized spacial score (nSPS) is 18.4. The minimum Gasteiger partial charge on any atom is -0.507 e. The Morgan fingerprint density at radius 2 is 1.50 bits per heavy atom. The van der Waals surface area contributed by atoms with Crippen molar-refractivity contribution in [1.29, 1.82) is 0 Å². The zero-order valence-corrected chi connectivity index (χ0v) is 20.1. The highest BCUT2D eigenvalue weighted by molar-refractivity contribution is 9.10. The summed E-state index contributed by atoms with van der Waals surface area (Å²) in [5.41, 5.74) is 1.42. The van der Waals surface area contributed by atoms with Crippen molar-refractivity contribution in [3.05, 3.63) is 74.2 Å². The van der Waals surface area contributed by atoms with Crippen molar-refractivity contribution < 1.29 is 14.7 Å². The van der Waals surface area contributed by atoms with Crippen LogP contribution < -0.4 is 0 Å². The van der Waals surface area contributed by atoms with Crippen LogP contribution in [-0.4, -0.2) is 52.8 Å². The van der Waals surface area contributed by atoms with E-state index in [4.69, 9.17) is 0 Å². The smallest absolute Gasteiger partial charge is 0.295 e. The second-order valence-electron chi connectivity index (χ2n) is 7.08. The van der Waals surface area contributed by atoms with E-state index in [1.54, 1.807) is 29.2 Å². The van der Waals surface area contributed by atoms with E-state index >= 15 is 0 Å². The van der Waals surface area contributed by atoms with Crippen LogP contribution in [0, 0.1) is 0 Å². The summed E-state index contributed by atoms with van der Waals surface area (Å²) in [4.78, 5) is 29.7. The first kappa shape index (κ1) is 22.7. The summed E-state index contributed by atoms with van der Waals surface area (Å²) in [6.07, 6.45) is 0. The van der Waals surface area contributed by atoms with Crippen molar-refractivity contribution in [3.8, 4) is 0 Å². The van der Waals surface area contributed by atoms with Gasteiger partial charge < -0.3 is 14.9 Å². The van der Waals surface area contributed by atoms with Crippen LogP contribution in [0.5, 0.6) is 0 Å². The lowest BCUT2D eigenvalue weighted by molar-refractivity contribution is -0.140. The number of carbonyl (C=O) groups excluding carboxylic acids is 2. The molecular weight excluding hydrogens is 512 g/mol. The molecule has 1 heterocycles. The summed E-state index contributed by atoms with van der Waals surface area (Å²) < 4.78 is 1.77. The molecule has 1 aliphatic rings. The van der Waals surface area contributed by atoms with E-state index in [9.17, 15) is 14.7 Å². The van der Waals surface area contributed by atoms with Gasteiger partial charge in [-0.1, -0.05) is 70.0 Å². The maximum absolute atomic E-state index is 13.0. The fourth-order valence-corrected chi connectivity index (χ4v) is 4.18. The van der Waals surface area contributed by atoms with Crippen molar-refractivity contribution >= 4 is 49.3 Å². The quantitative estimate of drug-likeness (QED) is 0.309. The average molecular weight is 536 g/mol. The monoisotopic (exact) mass is 534 g/mol. The van der Waals surface area contributed by atoms with Crippen LogP contribution in [0.2, 0.25) is 0 Å². The molecule has 0 aliphatic carbocycles. The van der Waals surface area contributed by atoms with Crippen LogP contribution in [0.4, 0.5) is 0 Å². The lowest BCUT2D eigenvalue weighted by atomic mass is 9.95. The Morgan fingerprint density at radius 3 is 2.03 bits per heavy atom. The Labute approximate surface area is 193 Å². The molecule has 30 heavy (non-hydrogen) atoms. The van der Waals surface area contributed by atoms with Gasteiger partial charge in [-0.2, -0.15) is 0 Å². The molecule has 7 heteroatoms. The van der Waals surface area contributed by atoms with Gasteiger partial charge in [0.1, 0.15) is 5.76 Å². The van der Waals surface area contributed by atoms with Crippen molar-refractivity contribution in [3.63, 3.8) is 0 Å². The first-order chi connectivity index (χ1) is 14.4. The van der Waals surface area contributed by atoms with Crippen LogP contribution in [-0.2, 0) is 9.59 Å². The predicted octanol–water partition coefficient (Wildman–Crippen LogP) is 4.98. The Hall–Kier alpha value is -1.96. The van der Waals surface area contributed by atoms with Gasteiger partial charge in [-0.05, 0) is 42.9 Å². The number of aliphatic hydroxyl groups excluding tert-OH is 1. The van der Waals surface area contributed by atoms with Crippen LogP contribution in [0.15, 0.2) is 63.0 Å². The number of Topliss-reactive ketones (excluding diaryl/α,β-unsaturated/α-hetero) is 1. The van der Waals surface area contributed by atoms with Crippen LogP contribution in [0.1, 0.15) is 31.0 Å². The van der Waals surface area contributed by atoms with Crippen LogP contribution in [0.25, 0.3) is 5.76 Å². The van der Waals surface area contributed by atoms with Gasteiger partial charge in [0.2, 0.25) is 0 Å². The van der Waals surface area contributed by atoms with Gasteiger partial charge in [0, 0.05) is 27.6 Å². The summed E-state index contributed by atoms with van der Waals surface area (Å²) in [6, 6.07) is 13.9. The summed E-state index contributed by atoms with van der Waals surface area (Å²) in [5, 5.41) is 11.0. The zero-order valence-electron chi connectivity index (χ0n) is 16.9. The average Bonchev–Trinajstić information content (AvgIpc) is 3.00. The lowest BCUT2D eigenvalue weighted by Crippen LogP contribution is -2.38. The Kier molecular flexibility index (Phi) is 7.50. The molecule has 1 fully saturated rings. The van der Waals surface area contributed by atoms with Crippen molar-refractivity contribution in [1.82, 2.24) is 9.80 Å². The number of halogens is 2. The molecule has 0 spiro atoms. The van der Waals surface area contributed by atoms with Gasteiger partial charge in [-0.25, -0.2) is 0 Å². The van der Waals surface area contributed by atoms with E-state index in [-0.39, 0.29) is 11.3 Å². The summed E-state index contributed by atoms with van der Waals surface area (Å²) in [5.74, 6) is -1.38. The van der Waals surface area contributed by atoms with Gasteiger partial charge in [0.05, 0.1) is 11.6 Å². The molecule has 5 nitrogen and oxygen atoms in total. The highest BCUT2D eigenvalue weighted by Crippen LogP contribution is 2.39. The molecule has 0 saturated carbocycles. The van der Waals surface area contributed by atoms with E-state index < -0.39 is 17.7 Å². The number of carbonyl (C=O) groups is 2. The number of amides is 1. The van der Waals surface area contributed by atoms with Gasteiger partial charge in [0.15, 0.2) is 0 Å². The number of benzene rings is 2. The van der Waals surface area contributed by atoms with E-state index in [1.165, 1.54) is 0 Å². The first-order valence-corrected chi connectivity index (χ1v) is 11.5. The molecule has 1 saturated heterocycles. The number of hydrogen-bond donors (Lipinski definition) is 1. The zero-order chi connectivity index (χ0) is 21.8. The molecule has 2 aromatic carbocycles. The fourth-order valence-electron chi connectivity index (χ4n) is 3.65. The lowest BCUT2D eigenvalue weighted by Gasteiger charge is -2.28. The van der Waals surface area contributed by atoms with Gasteiger partial charge >= 0.3 is 0 Å². The van der Waals surface area contributed by atoms with E-state index in [0.717, 1.165) is 27.6 Å². The van der Waals surface area contributed by atoms with Crippen LogP contribution >= 0.6 is 31.9 Å². The maximum Gasteiger partial charge on any atom is 0.295 e. The minimum atomic E-state index is -0.650. The van der Waals surface area contributed by atoms with Crippen molar-refractivity contribution in [2.24, 2.45) is 0 Å². The Morgan fingerprint density at radius 1 is 0.967 bits per heavy atom. The molecule has 3 rings (SSSR count). The Balaban J connectivity index is 2.08. The summed E-state index contributed by atoms with van der Waals surface area (Å²) in [7, 11) is 0. The highest BCUT2D eigenvalue weighted by Gasteiger charge is 2.45. The summed E-state index contributed by atoms with van der Waals surface area (Å²) >= 11 is 6.80. The number of rotatable bonds is 7. The molecule has 0 bridgehead atoms. The van der Waals surface area contributed by atoms with Crippen molar-refractivity contribution in [2.45, 2.75) is 19.9 Å². The molecule has 0 unspecified atom stereocenters. The van der Waals surface area contributed by atoms with Gasteiger partial charge in [-0.15, -0.1) is 0 Å². The van der Waals surface area contributed by atoms with Gasteiger partial charge in [0.25, 0.3) is 11.7 Å². The highest BCUT2D eigenvalue weighted by atomic mass is 79.9. The maximum atomic E-state index is 13.0. The van der Waals surface area contributed by atoms with Crippen molar-refractivity contribution in [2.75, 3.05) is 26.2 Å². The summed E-state index contributed by atoms with van der Waals surface area (Å²) in [6.45, 7) is 6.93. The second-order valence-corrected chi connectivity index (χ2v) is 8.91. The minimum absolute atomic E-state index is 0.129. The fraction of sp³-hybridized carbons (Fsp3) is 0.304. The number of hydrogen-bond acceptors (Lipinski definition) is 4. The topological polar surface area (TPSA) is 60.9 Å². The first-order valence-electron chi connectivity index (χ1n) is 9.89. The SMILES string of the molecule is CCN(CC)CCN1C(=O)C(=O)C(=C(O)c2ccc(Br)cc2)[C@@H]1c1ccc(Br)cc1. The van der Waals surface area contributed by atoms with E-state index in [2.05, 4.69) is 50.6 Å². The number of likely N-dealkylation sites (tertiary alicyclic amines) is 1. The standard InChI is InChI=1S/C23H24Br2N2O3/c1-3-26(4-2)13-14-27-20(15-5-9-17(24)10-6-15)19(22(29)23(27)30)21(28)16-7-11-18(25)12-8-16/h5-12,20,28H,3-4,13-14H2,1-2H3/t20-/m0/s1. The molecule has 1 N–H and O–H groups in total. The number of aliphatic hydroxyl groups is 1. The molecule has 1 aliphatic heterocycles. The third kappa shape index (κ3) is 4.68. The predicted molar refractivity (Wildman–Crippen MR) is 125 cm³/mol. The largest absolute Gasteiger partial charge is 0.507 e. The third-order valence-corrected chi connectivity index (χ3v) is 6.45.